The van der Waals surface area contributed by atoms with Crippen LogP contribution in [-0.4, -0.2) is 25.7 Å². The fraction of sp³-hybridized carbons (Fsp3) is 0.875. The Labute approximate surface area is 67.1 Å². The van der Waals surface area contributed by atoms with E-state index in [1.807, 2.05) is 0 Å². The van der Waals surface area contributed by atoms with Gasteiger partial charge in [-0.25, -0.2) is 0 Å². The minimum atomic E-state index is -0.143. The molecule has 0 aromatic carbocycles. The Hall–Kier alpha value is -0.570. The highest BCUT2D eigenvalue weighted by atomic mass is 16.5. The van der Waals surface area contributed by atoms with Crippen LogP contribution in [0.25, 0.3) is 0 Å². The fourth-order valence-corrected chi connectivity index (χ4v) is 1.41. The summed E-state index contributed by atoms with van der Waals surface area (Å²) in [5.41, 5.74) is 0.235. The molecule has 0 radical (unpaired) electrons. The van der Waals surface area contributed by atoms with Crippen LogP contribution in [0.15, 0.2) is 0 Å². The molecule has 1 fully saturated rings. The maximum absolute atomic E-state index is 11.0. The number of carbonyl (C=O) groups is 1. The van der Waals surface area contributed by atoms with Crippen LogP contribution in [-0.2, 0) is 9.53 Å². The van der Waals surface area contributed by atoms with E-state index in [1.54, 1.807) is 0 Å². The third-order valence-corrected chi connectivity index (χ3v) is 2.07. The first-order valence-electron chi connectivity index (χ1n) is 3.86. The van der Waals surface area contributed by atoms with Crippen molar-refractivity contribution in [2.75, 3.05) is 13.7 Å². The summed E-state index contributed by atoms with van der Waals surface area (Å²) in [7, 11) is 1.43. The Bertz CT molecular complexity index is 165. The Morgan fingerprint density at radius 2 is 2.27 bits per heavy atom. The first kappa shape index (κ1) is 8.53. The highest BCUT2D eigenvalue weighted by Gasteiger charge is 2.34. The van der Waals surface area contributed by atoms with Gasteiger partial charge >= 0.3 is 5.97 Å². The third kappa shape index (κ3) is 1.93. The number of rotatable bonds is 1. The molecule has 1 N–H and O–H groups in total. The molecule has 0 saturated carbocycles. The van der Waals surface area contributed by atoms with Crippen LogP contribution in [0.5, 0.6) is 0 Å². The summed E-state index contributed by atoms with van der Waals surface area (Å²) < 4.78 is 4.63. The summed E-state index contributed by atoms with van der Waals surface area (Å²) in [4.78, 5) is 11.0. The molecule has 0 aromatic heterocycles. The molecular weight excluding hydrogens is 142 g/mol. The quantitative estimate of drug-likeness (QED) is 0.565. The van der Waals surface area contributed by atoms with Gasteiger partial charge in [-0.15, -0.1) is 0 Å². The molecule has 0 unspecified atom stereocenters. The van der Waals surface area contributed by atoms with Crippen LogP contribution in [0.2, 0.25) is 0 Å². The lowest BCUT2D eigenvalue weighted by Crippen LogP contribution is -2.31. The van der Waals surface area contributed by atoms with Crippen molar-refractivity contribution in [3.8, 4) is 0 Å². The summed E-state index contributed by atoms with van der Waals surface area (Å²) in [6.07, 6.45) is 0.875. The number of hydrogen-bond donors (Lipinski definition) is 1. The van der Waals surface area contributed by atoms with Crippen LogP contribution in [0.4, 0.5) is 0 Å². The van der Waals surface area contributed by atoms with E-state index in [4.69, 9.17) is 0 Å². The van der Waals surface area contributed by atoms with Crippen LogP contribution < -0.4 is 5.32 Å². The number of esters is 1. The van der Waals surface area contributed by atoms with Gasteiger partial charge in [0.1, 0.15) is 6.04 Å². The first-order chi connectivity index (χ1) is 5.05. The number of ether oxygens (including phenoxy) is 1. The lowest BCUT2D eigenvalue weighted by Gasteiger charge is -2.14. The fourth-order valence-electron chi connectivity index (χ4n) is 1.41. The van der Waals surface area contributed by atoms with E-state index in [9.17, 15) is 4.79 Å². The van der Waals surface area contributed by atoms with Gasteiger partial charge in [0.05, 0.1) is 7.11 Å². The summed E-state index contributed by atoms with van der Waals surface area (Å²) in [5.74, 6) is -0.143. The van der Waals surface area contributed by atoms with E-state index in [0.29, 0.717) is 0 Å². The predicted octanol–water partition coefficient (Wildman–Crippen LogP) is 0.547. The second-order valence-corrected chi connectivity index (χ2v) is 3.82. The van der Waals surface area contributed by atoms with Gasteiger partial charge in [-0.1, -0.05) is 13.8 Å². The molecule has 3 heteroatoms. The monoisotopic (exact) mass is 157 g/mol. The molecule has 0 aliphatic carbocycles. The average molecular weight is 157 g/mol. The Morgan fingerprint density at radius 3 is 2.64 bits per heavy atom. The average Bonchev–Trinajstić information content (AvgIpc) is 2.29. The molecule has 11 heavy (non-hydrogen) atoms. The summed E-state index contributed by atoms with van der Waals surface area (Å²) in [6, 6.07) is -0.0880. The van der Waals surface area contributed by atoms with Gasteiger partial charge in [0.2, 0.25) is 0 Å². The second kappa shape index (κ2) is 2.81. The molecule has 3 nitrogen and oxygen atoms in total. The third-order valence-electron chi connectivity index (χ3n) is 2.07. The number of methoxy groups -OCH3 is 1. The van der Waals surface area contributed by atoms with Crippen molar-refractivity contribution < 1.29 is 9.53 Å². The number of hydrogen-bond acceptors (Lipinski definition) is 3. The van der Waals surface area contributed by atoms with E-state index >= 15 is 0 Å². The summed E-state index contributed by atoms with van der Waals surface area (Å²) in [6.45, 7) is 5.18. The molecule has 64 valence electrons. The van der Waals surface area contributed by atoms with Gasteiger partial charge in [-0.2, -0.15) is 0 Å². The van der Waals surface area contributed by atoms with Crippen molar-refractivity contribution in [3.05, 3.63) is 0 Å². The maximum Gasteiger partial charge on any atom is 0.322 e. The zero-order chi connectivity index (χ0) is 8.48. The molecule has 1 atom stereocenters. The summed E-state index contributed by atoms with van der Waals surface area (Å²) >= 11 is 0. The smallest absolute Gasteiger partial charge is 0.322 e. The normalized spacial score (nSPS) is 28.5. The molecular formula is C8H15NO2. The van der Waals surface area contributed by atoms with Crippen molar-refractivity contribution in [1.82, 2.24) is 5.32 Å². The Morgan fingerprint density at radius 1 is 1.64 bits per heavy atom. The minimum absolute atomic E-state index is 0.0880. The molecule has 0 amide bonds. The van der Waals surface area contributed by atoms with Crippen LogP contribution in [0.3, 0.4) is 0 Å². The number of nitrogens with one attached hydrogen (secondary N) is 1. The molecule has 1 heterocycles. The van der Waals surface area contributed by atoms with Crippen molar-refractivity contribution in [1.29, 1.82) is 0 Å². The molecule has 1 saturated heterocycles. The van der Waals surface area contributed by atoms with Crippen molar-refractivity contribution in [2.45, 2.75) is 26.3 Å². The van der Waals surface area contributed by atoms with E-state index in [2.05, 4.69) is 23.9 Å². The minimum Gasteiger partial charge on any atom is -0.468 e. The highest BCUT2D eigenvalue weighted by Crippen LogP contribution is 2.27. The van der Waals surface area contributed by atoms with Crippen molar-refractivity contribution in [3.63, 3.8) is 0 Å². The van der Waals surface area contributed by atoms with E-state index in [-0.39, 0.29) is 17.4 Å². The Kier molecular flexibility index (Phi) is 2.18. The zero-order valence-corrected chi connectivity index (χ0v) is 7.31. The first-order valence-corrected chi connectivity index (χ1v) is 3.86. The maximum atomic E-state index is 11.0. The van der Waals surface area contributed by atoms with E-state index in [0.717, 1.165) is 13.0 Å². The highest BCUT2D eigenvalue weighted by molar-refractivity contribution is 5.76. The standard InChI is InChI=1S/C8H15NO2/c1-8(2)4-6(9-5-8)7(10)11-3/h6,9H,4-5H2,1-3H3/t6-/m0/s1. The molecule has 1 aliphatic rings. The van der Waals surface area contributed by atoms with Gasteiger partial charge in [-0.3, -0.25) is 4.79 Å². The molecule has 0 aromatic rings. The van der Waals surface area contributed by atoms with Crippen LogP contribution in [0, 0.1) is 5.41 Å². The van der Waals surface area contributed by atoms with Gasteiger partial charge in [0.25, 0.3) is 0 Å². The van der Waals surface area contributed by atoms with Gasteiger partial charge < -0.3 is 10.1 Å². The summed E-state index contributed by atoms with van der Waals surface area (Å²) in [5, 5.41) is 3.12. The lowest BCUT2D eigenvalue weighted by atomic mass is 9.91. The topological polar surface area (TPSA) is 38.3 Å². The lowest BCUT2D eigenvalue weighted by molar-refractivity contribution is -0.142. The second-order valence-electron chi connectivity index (χ2n) is 3.82. The van der Waals surface area contributed by atoms with Gasteiger partial charge in [-0.05, 0) is 11.8 Å². The largest absolute Gasteiger partial charge is 0.468 e. The van der Waals surface area contributed by atoms with Crippen molar-refractivity contribution >= 4 is 5.97 Å². The van der Waals surface area contributed by atoms with E-state index < -0.39 is 0 Å². The SMILES string of the molecule is COC(=O)[C@@H]1CC(C)(C)CN1. The Balaban J connectivity index is 2.48. The van der Waals surface area contributed by atoms with Gasteiger partial charge in [0, 0.05) is 6.54 Å². The predicted molar refractivity (Wildman–Crippen MR) is 42.2 cm³/mol. The van der Waals surface area contributed by atoms with Crippen LogP contribution in [0.1, 0.15) is 20.3 Å². The molecule has 0 bridgehead atoms. The van der Waals surface area contributed by atoms with Crippen LogP contribution >= 0.6 is 0 Å². The number of carbonyl (C=O) groups excluding carboxylic acids is 1. The molecule has 0 spiro atoms. The van der Waals surface area contributed by atoms with E-state index in [1.165, 1.54) is 7.11 Å². The van der Waals surface area contributed by atoms with Crippen molar-refractivity contribution in [2.24, 2.45) is 5.41 Å². The van der Waals surface area contributed by atoms with Gasteiger partial charge in [0.15, 0.2) is 0 Å². The molecule has 1 rings (SSSR count). The molecule has 1 aliphatic heterocycles. The zero-order valence-electron chi connectivity index (χ0n) is 7.31.